The molecule has 2 rings (SSSR count). The molecule has 1 aliphatic rings. The van der Waals surface area contributed by atoms with Gasteiger partial charge in [0.05, 0.1) is 6.61 Å². The number of rotatable bonds is 6. The first-order valence-corrected chi connectivity index (χ1v) is 7.64. The van der Waals surface area contributed by atoms with Crippen LogP contribution >= 0.6 is 0 Å². The normalized spacial score (nSPS) is 23.4. The van der Waals surface area contributed by atoms with Crippen molar-refractivity contribution in [3.63, 3.8) is 0 Å². The minimum Gasteiger partial charge on any atom is -0.384 e. The number of methoxy groups -OCH3 is 1. The maximum atomic E-state index is 6.41. The molecular weight excluding hydrogens is 250 g/mol. The summed E-state index contributed by atoms with van der Waals surface area (Å²) < 4.78 is 5.33. The van der Waals surface area contributed by atoms with Crippen LogP contribution in [0.15, 0.2) is 24.5 Å². The van der Waals surface area contributed by atoms with Crippen LogP contribution < -0.4 is 5.73 Å². The van der Waals surface area contributed by atoms with Crippen molar-refractivity contribution >= 4 is 0 Å². The quantitative estimate of drug-likeness (QED) is 0.866. The van der Waals surface area contributed by atoms with Gasteiger partial charge in [-0.3, -0.25) is 9.88 Å². The van der Waals surface area contributed by atoms with Crippen molar-refractivity contribution in [2.75, 3.05) is 26.8 Å². The van der Waals surface area contributed by atoms with Crippen molar-refractivity contribution < 1.29 is 4.74 Å². The van der Waals surface area contributed by atoms with Gasteiger partial charge in [0.1, 0.15) is 0 Å². The molecule has 1 fully saturated rings. The van der Waals surface area contributed by atoms with Gasteiger partial charge in [-0.2, -0.15) is 0 Å². The Hall–Kier alpha value is -0.970. The second-order valence-corrected chi connectivity index (χ2v) is 5.76. The maximum Gasteiger partial charge on any atom is 0.0502 e. The highest BCUT2D eigenvalue weighted by Gasteiger charge is 2.30. The highest BCUT2D eigenvalue weighted by Crippen LogP contribution is 2.29. The van der Waals surface area contributed by atoms with Crippen molar-refractivity contribution in [1.29, 1.82) is 0 Å². The lowest BCUT2D eigenvalue weighted by molar-refractivity contribution is 0.0597. The average Bonchev–Trinajstić information content (AvgIpc) is 2.49. The van der Waals surface area contributed by atoms with E-state index in [4.69, 9.17) is 10.5 Å². The third-order valence-corrected chi connectivity index (χ3v) is 4.27. The van der Waals surface area contributed by atoms with Crippen LogP contribution in [-0.2, 0) is 4.74 Å². The number of nitrogens with zero attached hydrogens (tertiary/aromatic N) is 2. The average molecular weight is 277 g/mol. The molecule has 20 heavy (non-hydrogen) atoms. The molecule has 0 bridgehead atoms. The number of hydrogen-bond donors (Lipinski definition) is 1. The molecule has 1 aromatic rings. The van der Waals surface area contributed by atoms with Crippen molar-refractivity contribution in [3.8, 4) is 0 Å². The van der Waals surface area contributed by atoms with Gasteiger partial charge in [0, 0.05) is 38.1 Å². The fourth-order valence-corrected chi connectivity index (χ4v) is 3.23. The van der Waals surface area contributed by atoms with E-state index in [-0.39, 0.29) is 6.04 Å². The topological polar surface area (TPSA) is 51.4 Å². The van der Waals surface area contributed by atoms with Crippen molar-refractivity contribution in [2.45, 2.75) is 38.3 Å². The lowest BCUT2D eigenvalue weighted by Gasteiger charge is -2.40. The third-order valence-electron chi connectivity index (χ3n) is 4.27. The first kappa shape index (κ1) is 15.4. The molecule has 4 heteroatoms. The first-order valence-electron chi connectivity index (χ1n) is 7.64. The molecule has 0 aliphatic carbocycles. The fourth-order valence-electron chi connectivity index (χ4n) is 3.23. The minimum atomic E-state index is 0.165. The predicted octanol–water partition coefficient (Wildman–Crippen LogP) is 2.22. The fraction of sp³-hybridized carbons (Fsp3) is 0.688. The Kier molecular flexibility index (Phi) is 5.95. The molecule has 2 heterocycles. The van der Waals surface area contributed by atoms with E-state index in [1.165, 1.54) is 18.4 Å². The summed E-state index contributed by atoms with van der Waals surface area (Å²) in [5, 5.41) is 0. The molecule has 4 nitrogen and oxygen atoms in total. The summed E-state index contributed by atoms with van der Waals surface area (Å²) in [5.74, 6) is 0.627. The van der Waals surface area contributed by atoms with Crippen LogP contribution in [0, 0.1) is 5.92 Å². The van der Waals surface area contributed by atoms with Crippen LogP contribution in [0.4, 0.5) is 0 Å². The van der Waals surface area contributed by atoms with E-state index < -0.39 is 0 Å². The number of pyridine rings is 1. The Balaban J connectivity index is 2.14. The Morgan fingerprint density at radius 1 is 1.45 bits per heavy atom. The van der Waals surface area contributed by atoms with Gasteiger partial charge in [0.25, 0.3) is 0 Å². The van der Waals surface area contributed by atoms with Gasteiger partial charge < -0.3 is 10.5 Å². The molecular formula is C16H27N3O. The molecule has 0 spiro atoms. The van der Waals surface area contributed by atoms with Crippen molar-refractivity contribution in [2.24, 2.45) is 11.7 Å². The number of hydrogen-bond acceptors (Lipinski definition) is 4. The monoisotopic (exact) mass is 277 g/mol. The van der Waals surface area contributed by atoms with E-state index in [0.717, 1.165) is 26.1 Å². The molecule has 1 saturated heterocycles. The zero-order chi connectivity index (χ0) is 14.4. The smallest absolute Gasteiger partial charge is 0.0502 e. The van der Waals surface area contributed by atoms with E-state index in [1.54, 1.807) is 7.11 Å². The Labute approximate surface area is 122 Å². The van der Waals surface area contributed by atoms with Gasteiger partial charge in [-0.15, -0.1) is 0 Å². The summed E-state index contributed by atoms with van der Waals surface area (Å²) in [6, 6.07) is 4.65. The lowest BCUT2D eigenvalue weighted by atomic mass is 9.91. The van der Waals surface area contributed by atoms with E-state index >= 15 is 0 Å². The summed E-state index contributed by atoms with van der Waals surface area (Å²) in [5.41, 5.74) is 7.69. The van der Waals surface area contributed by atoms with E-state index in [2.05, 4.69) is 28.9 Å². The number of likely N-dealkylation sites (tertiary alicyclic amines) is 1. The minimum absolute atomic E-state index is 0.165. The zero-order valence-corrected chi connectivity index (χ0v) is 12.7. The second-order valence-electron chi connectivity index (χ2n) is 5.76. The van der Waals surface area contributed by atoms with Gasteiger partial charge in [-0.25, -0.2) is 0 Å². The first-order chi connectivity index (χ1) is 9.76. The van der Waals surface area contributed by atoms with Gasteiger partial charge >= 0.3 is 0 Å². The molecule has 1 aliphatic heterocycles. The predicted molar refractivity (Wildman–Crippen MR) is 81.4 cm³/mol. The van der Waals surface area contributed by atoms with E-state index in [9.17, 15) is 0 Å². The summed E-state index contributed by atoms with van der Waals surface area (Å²) in [6.45, 7) is 5.21. The highest BCUT2D eigenvalue weighted by molar-refractivity contribution is 5.17. The number of aromatic nitrogens is 1. The molecule has 3 atom stereocenters. The van der Waals surface area contributed by atoms with E-state index in [1.807, 2.05) is 12.4 Å². The number of piperidine rings is 1. The van der Waals surface area contributed by atoms with Crippen LogP contribution in [0.2, 0.25) is 0 Å². The van der Waals surface area contributed by atoms with Gasteiger partial charge in [-0.1, -0.05) is 6.92 Å². The highest BCUT2D eigenvalue weighted by atomic mass is 16.5. The number of nitrogens with two attached hydrogens (primary N) is 1. The Morgan fingerprint density at radius 2 is 2.20 bits per heavy atom. The largest absolute Gasteiger partial charge is 0.384 e. The molecule has 3 unspecified atom stereocenters. The van der Waals surface area contributed by atoms with Crippen LogP contribution in [0.1, 0.15) is 37.8 Å². The van der Waals surface area contributed by atoms with Gasteiger partial charge in [-0.05, 0) is 49.4 Å². The summed E-state index contributed by atoms with van der Waals surface area (Å²) in [7, 11) is 1.79. The van der Waals surface area contributed by atoms with Gasteiger partial charge in [0.2, 0.25) is 0 Å². The summed E-state index contributed by atoms with van der Waals surface area (Å²) >= 11 is 0. The summed E-state index contributed by atoms with van der Waals surface area (Å²) in [4.78, 5) is 6.66. The SMILES string of the molecule is CCC(N)C(c1ccncc1)N1CCCC(COC)C1. The standard InChI is InChI=1S/C16H27N3O/c1-3-15(17)16(14-6-8-18-9-7-14)19-10-4-5-13(11-19)12-20-2/h6-9,13,15-16H,3-5,10-12,17H2,1-2H3. The van der Waals surface area contributed by atoms with Crippen LogP contribution in [0.5, 0.6) is 0 Å². The molecule has 112 valence electrons. The Morgan fingerprint density at radius 3 is 2.85 bits per heavy atom. The lowest BCUT2D eigenvalue weighted by Crippen LogP contribution is -2.46. The molecule has 2 N–H and O–H groups in total. The molecule has 1 aromatic heterocycles. The molecule has 0 radical (unpaired) electrons. The van der Waals surface area contributed by atoms with Gasteiger partial charge in [0.15, 0.2) is 0 Å². The van der Waals surface area contributed by atoms with Crippen LogP contribution in [0.3, 0.4) is 0 Å². The second kappa shape index (κ2) is 7.72. The van der Waals surface area contributed by atoms with E-state index in [0.29, 0.717) is 12.0 Å². The van der Waals surface area contributed by atoms with Crippen LogP contribution in [0.25, 0.3) is 0 Å². The molecule has 0 amide bonds. The molecule has 0 aromatic carbocycles. The van der Waals surface area contributed by atoms with Crippen molar-refractivity contribution in [1.82, 2.24) is 9.88 Å². The molecule has 0 saturated carbocycles. The maximum absolute atomic E-state index is 6.41. The summed E-state index contributed by atoms with van der Waals surface area (Å²) in [6.07, 6.45) is 7.20. The third kappa shape index (κ3) is 3.78. The van der Waals surface area contributed by atoms with Crippen molar-refractivity contribution in [3.05, 3.63) is 30.1 Å². The van der Waals surface area contributed by atoms with Crippen LogP contribution in [-0.4, -0.2) is 42.7 Å². The Bertz CT molecular complexity index is 383. The zero-order valence-electron chi connectivity index (χ0n) is 12.7. The number of ether oxygens (including phenoxy) is 1.